The van der Waals surface area contributed by atoms with Crippen LogP contribution in [-0.2, 0) is 19.5 Å². The number of nitrogens with one attached hydrogen (secondary N) is 1. The summed E-state index contributed by atoms with van der Waals surface area (Å²) in [4.78, 5) is 15.0. The van der Waals surface area contributed by atoms with Gasteiger partial charge < -0.3 is 23.8 Å². The van der Waals surface area contributed by atoms with Crippen LogP contribution in [-0.4, -0.2) is 45.5 Å². The van der Waals surface area contributed by atoms with E-state index in [1.54, 1.807) is 6.07 Å². The Kier molecular flexibility index (Phi) is 5.99. The summed E-state index contributed by atoms with van der Waals surface area (Å²) >= 11 is 6.49. The van der Waals surface area contributed by atoms with Crippen molar-refractivity contribution in [3.8, 4) is 11.5 Å². The summed E-state index contributed by atoms with van der Waals surface area (Å²) in [7, 11) is 0. The van der Waals surface area contributed by atoms with Crippen LogP contribution in [0.2, 0.25) is 5.02 Å². The lowest BCUT2D eigenvalue weighted by Crippen LogP contribution is -2.34. The van der Waals surface area contributed by atoms with Gasteiger partial charge in [0.1, 0.15) is 12.1 Å². The van der Waals surface area contributed by atoms with Gasteiger partial charge in [0, 0.05) is 43.7 Å². The Morgan fingerprint density at radius 3 is 2.76 bits per heavy atom. The van der Waals surface area contributed by atoms with Gasteiger partial charge in [-0.3, -0.25) is 9.69 Å². The third kappa shape index (κ3) is 4.43. The molecule has 0 spiro atoms. The van der Waals surface area contributed by atoms with Gasteiger partial charge in [-0.1, -0.05) is 25.4 Å². The highest BCUT2D eigenvalue weighted by Gasteiger charge is 2.28. The molecular weight excluding hydrogens is 446 g/mol. The zero-order valence-corrected chi connectivity index (χ0v) is 19.3. The smallest absolute Gasteiger partial charge is 0.255 e. The molecular formula is C23H26ClN5O4. The van der Waals surface area contributed by atoms with Crippen molar-refractivity contribution in [2.24, 2.45) is 5.92 Å². The molecule has 33 heavy (non-hydrogen) atoms. The predicted molar refractivity (Wildman–Crippen MR) is 120 cm³/mol. The van der Waals surface area contributed by atoms with Crippen LogP contribution in [0.25, 0.3) is 0 Å². The van der Waals surface area contributed by atoms with E-state index in [1.807, 2.05) is 12.1 Å². The zero-order valence-electron chi connectivity index (χ0n) is 18.6. The summed E-state index contributed by atoms with van der Waals surface area (Å²) in [5.41, 5.74) is 1.49. The zero-order chi connectivity index (χ0) is 22.9. The predicted octanol–water partition coefficient (Wildman–Crippen LogP) is 3.44. The summed E-state index contributed by atoms with van der Waals surface area (Å²) in [6.45, 7) is 7.42. The fourth-order valence-corrected chi connectivity index (χ4v) is 4.46. The lowest BCUT2D eigenvalue weighted by molar-refractivity contribution is 0.0921. The van der Waals surface area contributed by atoms with Crippen LogP contribution < -0.4 is 14.8 Å². The van der Waals surface area contributed by atoms with E-state index in [0.29, 0.717) is 22.9 Å². The molecule has 0 fully saturated rings. The lowest BCUT2D eigenvalue weighted by Gasteiger charge is -2.23. The van der Waals surface area contributed by atoms with Crippen molar-refractivity contribution in [2.45, 2.75) is 39.4 Å². The molecule has 0 aliphatic carbocycles. The number of hydrogen-bond acceptors (Lipinski definition) is 7. The first kappa shape index (κ1) is 21.8. The molecule has 4 heterocycles. The Hall–Kier alpha value is -3.04. The number of rotatable bonds is 6. The van der Waals surface area contributed by atoms with E-state index in [4.69, 9.17) is 25.5 Å². The molecule has 0 saturated carbocycles. The second-order valence-corrected chi connectivity index (χ2v) is 9.06. The molecule has 0 saturated heterocycles. The number of nitrogens with zero attached hydrogens (tertiary/aromatic N) is 4. The molecule has 2 aliphatic heterocycles. The van der Waals surface area contributed by atoms with E-state index in [1.165, 1.54) is 12.5 Å². The maximum absolute atomic E-state index is 12.7. The van der Waals surface area contributed by atoms with Crippen LogP contribution in [0.5, 0.6) is 11.5 Å². The van der Waals surface area contributed by atoms with Gasteiger partial charge in [0.05, 0.1) is 17.9 Å². The van der Waals surface area contributed by atoms with Crippen LogP contribution >= 0.6 is 11.6 Å². The van der Waals surface area contributed by atoms with E-state index >= 15 is 0 Å². The number of furan rings is 1. The average molecular weight is 472 g/mol. The fraction of sp³-hybridized carbons (Fsp3) is 0.435. The SMILES string of the molecule is CC(C)[C@H](NC(=O)c1ccoc1)c1nnc2n1CCN(Cc1cc3c(cc1Cl)OCO3)CC2. The molecule has 5 rings (SSSR count). The van der Waals surface area contributed by atoms with Crippen molar-refractivity contribution >= 4 is 17.5 Å². The van der Waals surface area contributed by atoms with Gasteiger partial charge in [-0.15, -0.1) is 10.2 Å². The first-order valence-electron chi connectivity index (χ1n) is 11.0. The molecule has 10 heteroatoms. The summed E-state index contributed by atoms with van der Waals surface area (Å²) < 4.78 is 18.1. The molecule has 174 valence electrons. The summed E-state index contributed by atoms with van der Waals surface area (Å²) in [6.07, 6.45) is 3.69. The van der Waals surface area contributed by atoms with Crippen LogP contribution in [0.1, 0.15) is 47.5 Å². The van der Waals surface area contributed by atoms with Crippen LogP contribution in [0.15, 0.2) is 35.1 Å². The molecule has 0 bridgehead atoms. The maximum Gasteiger partial charge on any atom is 0.255 e. The van der Waals surface area contributed by atoms with Crippen LogP contribution in [0, 0.1) is 5.92 Å². The van der Waals surface area contributed by atoms with Crippen LogP contribution in [0.3, 0.4) is 0 Å². The molecule has 0 unspecified atom stereocenters. The minimum Gasteiger partial charge on any atom is -0.472 e. The molecule has 2 aromatic heterocycles. The number of hydrogen-bond donors (Lipinski definition) is 1. The Morgan fingerprint density at radius 2 is 2.00 bits per heavy atom. The average Bonchev–Trinajstić information content (AvgIpc) is 3.53. The number of halogens is 1. The number of aromatic nitrogens is 3. The van der Waals surface area contributed by atoms with E-state index in [9.17, 15) is 4.79 Å². The summed E-state index contributed by atoms with van der Waals surface area (Å²) in [5, 5.41) is 12.7. The third-order valence-corrected chi connectivity index (χ3v) is 6.45. The minimum atomic E-state index is -0.261. The molecule has 1 atom stereocenters. The molecule has 3 aromatic rings. The Bertz CT molecular complexity index is 1140. The van der Waals surface area contributed by atoms with Gasteiger partial charge in [0.25, 0.3) is 5.91 Å². The van der Waals surface area contributed by atoms with E-state index in [-0.39, 0.29) is 24.7 Å². The van der Waals surface area contributed by atoms with Gasteiger partial charge in [0.2, 0.25) is 6.79 Å². The van der Waals surface area contributed by atoms with Gasteiger partial charge >= 0.3 is 0 Å². The normalized spacial score (nSPS) is 16.5. The second-order valence-electron chi connectivity index (χ2n) is 8.66. The van der Waals surface area contributed by atoms with Crippen molar-refractivity contribution in [1.82, 2.24) is 25.0 Å². The van der Waals surface area contributed by atoms with Crippen molar-refractivity contribution in [2.75, 3.05) is 19.9 Å². The standard InChI is InChI=1S/C23H26ClN5O4/c1-14(2)21(25-23(30)15-4-8-31-12-15)22-27-26-20-3-5-28(6-7-29(20)22)11-16-9-18-19(10-17(16)24)33-13-32-18/h4,8-10,12,14,21H,3,5-7,11,13H2,1-2H3,(H,25,30)/t21-/m0/s1. The molecule has 1 N–H and O–H groups in total. The highest BCUT2D eigenvalue weighted by Crippen LogP contribution is 2.37. The topological polar surface area (TPSA) is 94.7 Å². The van der Waals surface area contributed by atoms with Gasteiger partial charge in [-0.2, -0.15) is 0 Å². The van der Waals surface area contributed by atoms with Crippen LogP contribution in [0.4, 0.5) is 0 Å². The quantitative estimate of drug-likeness (QED) is 0.588. The molecule has 0 radical (unpaired) electrons. The fourth-order valence-electron chi connectivity index (χ4n) is 4.25. The third-order valence-electron chi connectivity index (χ3n) is 6.10. The Balaban J connectivity index is 1.31. The number of carbonyl (C=O) groups is 1. The van der Waals surface area contributed by atoms with Crippen molar-refractivity contribution in [3.05, 3.63) is 58.5 Å². The maximum atomic E-state index is 12.7. The van der Waals surface area contributed by atoms with E-state index in [0.717, 1.165) is 49.0 Å². The van der Waals surface area contributed by atoms with Gasteiger partial charge in [-0.25, -0.2) is 0 Å². The van der Waals surface area contributed by atoms with Crippen molar-refractivity contribution < 1.29 is 18.7 Å². The highest BCUT2D eigenvalue weighted by atomic mass is 35.5. The Labute approximate surface area is 196 Å². The van der Waals surface area contributed by atoms with Gasteiger partial charge in [-0.05, 0) is 23.6 Å². The number of ether oxygens (including phenoxy) is 2. The first-order valence-corrected chi connectivity index (χ1v) is 11.4. The highest BCUT2D eigenvalue weighted by molar-refractivity contribution is 6.31. The summed E-state index contributed by atoms with van der Waals surface area (Å²) in [6, 6.07) is 5.17. The van der Waals surface area contributed by atoms with Crippen molar-refractivity contribution in [3.63, 3.8) is 0 Å². The number of benzene rings is 1. The number of amides is 1. The minimum absolute atomic E-state index is 0.140. The summed E-state index contributed by atoms with van der Waals surface area (Å²) in [5.74, 6) is 3.07. The van der Waals surface area contributed by atoms with E-state index in [2.05, 4.69) is 38.8 Å². The number of carbonyl (C=O) groups excluding carboxylic acids is 1. The first-order chi connectivity index (χ1) is 16.0. The molecule has 1 amide bonds. The largest absolute Gasteiger partial charge is 0.472 e. The van der Waals surface area contributed by atoms with E-state index < -0.39 is 0 Å². The lowest BCUT2D eigenvalue weighted by atomic mass is 10.0. The Morgan fingerprint density at radius 1 is 1.18 bits per heavy atom. The molecule has 9 nitrogen and oxygen atoms in total. The monoisotopic (exact) mass is 471 g/mol. The second kappa shape index (κ2) is 9.07. The molecule has 2 aliphatic rings. The number of fused-ring (bicyclic) bond motifs is 2. The van der Waals surface area contributed by atoms with Gasteiger partial charge in [0.15, 0.2) is 17.3 Å². The molecule has 1 aromatic carbocycles. The van der Waals surface area contributed by atoms with Crippen molar-refractivity contribution in [1.29, 1.82) is 0 Å².